The first-order valence-corrected chi connectivity index (χ1v) is 6.80. The number of hydrogen-bond acceptors (Lipinski definition) is 3. The Morgan fingerprint density at radius 2 is 2.22 bits per heavy atom. The number of likely N-dealkylation sites (tertiary alicyclic amines) is 1. The number of β-amino-alcohol motifs (C(OH)–C–C–N with tert-alkyl or cyclic N) is 1. The number of aliphatic hydroxyl groups is 1. The molecule has 1 atom stereocenters. The molecule has 0 spiro atoms. The Hall–Kier alpha value is -1.13. The van der Waals surface area contributed by atoms with Crippen molar-refractivity contribution in [1.82, 2.24) is 14.7 Å². The maximum atomic E-state index is 9.88. The standard InChI is InChI=1S/C14H23N3O/c1-2-3-5-14(18)12-16-10-6-13(7-11-16)17-9-4-8-15-17/h2,4,8-9,13-14,18H,1,3,5-7,10-12H2. The van der Waals surface area contributed by atoms with Gasteiger partial charge in [0, 0.05) is 32.0 Å². The molecule has 1 aliphatic heterocycles. The van der Waals surface area contributed by atoms with Crippen LogP contribution >= 0.6 is 0 Å². The van der Waals surface area contributed by atoms with Crippen LogP contribution in [0, 0.1) is 0 Å². The molecule has 18 heavy (non-hydrogen) atoms. The summed E-state index contributed by atoms with van der Waals surface area (Å²) < 4.78 is 2.06. The van der Waals surface area contributed by atoms with Crippen LogP contribution in [0.25, 0.3) is 0 Å². The fourth-order valence-electron chi connectivity index (χ4n) is 2.56. The number of allylic oxidation sites excluding steroid dienone is 1. The Morgan fingerprint density at radius 3 is 2.83 bits per heavy atom. The van der Waals surface area contributed by atoms with Crippen molar-refractivity contribution < 1.29 is 5.11 Å². The highest BCUT2D eigenvalue weighted by atomic mass is 16.3. The Bertz CT molecular complexity index is 342. The summed E-state index contributed by atoms with van der Waals surface area (Å²) in [6.45, 7) is 6.58. The first-order chi connectivity index (χ1) is 8.79. The van der Waals surface area contributed by atoms with Crippen molar-refractivity contribution in [1.29, 1.82) is 0 Å². The van der Waals surface area contributed by atoms with Crippen molar-refractivity contribution in [3.05, 3.63) is 31.1 Å². The van der Waals surface area contributed by atoms with E-state index in [1.165, 1.54) is 0 Å². The molecule has 0 radical (unpaired) electrons. The average molecular weight is 249 g/mol. The van der Waals surface area contributed by atoms with Crippen LogP contribution in [-0.2, 0) is 0 Å². The molecule has 1 N–H and O–H groups in total. The normalized spacial score (nSPS) is 19.8. The summed E-state index contributed by atoms with van der Waals surface area (Å²) in [5, 5.41) is 14.2. The Labute approximate surface area is 109 Å². The predicted octanol–water partition coefficient (Wildman–Crippen LogP) is 1.85. The number of piperidine rings is 1. The molecule has 1 aliphatic rings. The first-order valence-electron chi connectivity index (χ1n) is 6.80. The molecule has 1 unspecified atom stereocenters. The van der Waals surface area contributed by atoms with Gasteiger partial charge in [-0.2, -0.15) is 5.10 Å². The van der Waals surface area contributed by atoms with Crippen molar-refractivity contribution in [3.63, 3.8) is 0 Å². The van der Waals surface area contributed by atoms with Gasteiger partial charge in [0.1, 0.15) is 0 Å². The van der Waals surface area contributed by atoms with E-state index in [2.05, 4.69) is 21.3 Å². The third-order valence-corrected chi connectivity index (χ3v) is 3.63. The van der Waals surface area contributed by atoms with E-state index >= 15 is 0 Å². The number of rotatable bonds is 6. The molecule has 0 aliphatic carbocycles. The first kappa shape index (κ1) is 13.3. The monoisotopic (exact) mass is 249 g/mol. The maximum absolute atomic E-state index is 9.88. The second-order valence-electron chi connectivity index (χ2n) is 5.04. The molecule has 1 fully saturated rings. The highest BCUT2D eigenvalue weighted by Crippen LogP contribution is 2.21. The Morgan fingerprint density at radius 1 is 1.44 bits per heavy atom. The summed E-state index contributed by atoms with van der Waals surface area (Å²) in [5.41, 5.74) is 0. The van der Waals surface area contributed by atoms with Gasteiger partial charge in [0.05, 0.1) is 12.1 Å². The van der Waals surface area contributed by atoms with E-state index in [0.717, 1.165) is 45.3 Å². The molecule has 0 bridgehead atoms. The van der Waals surface area contributed by atoms with Gasteiger partial charge in [-0.15, -0.1) is 6.58 Å². The molecular weight excluding hydrogens is 226 g/mol. The topological polar surface area (TPSA) is 41.3 Å². The lowest BCUT2D eigenvalue weighted by Gasteiger charge is -2.33. The van der Waals surface area contributed by atoms with Crippen LogP contribution in [0.3, 0.4) is 0 Å². The summed E-state index contributed by atoms with van der Waals surface area (Å²) >= 11 is 0. The van der Waals surface area contributed by atoms with Gasteiger partial charge in [-0.1, -0.05) is 6.08 Å². The molecule has 4 nitrogen and oxygen atoms in total. The second-order valence-corrected chi connectivity index (χ2v) is 5.04. The van der Waals surface area contributed by atoms with E-state index in [0.29, 0.717) is 6.04 Å². The SMILES string of the molecule is C=CCCC(O)CN1CCC(n2cccn2)CC1. The molecule has 1 aromatic rings. The number of aliphatic hydroxyl groups excluding tert-OH is 1. The van der Waals surface area contributed by atoms with Gasteiger partial charge in [-0.3, -0.25) is 4.68 Å². The van der Waals surface area contributed by atoms with Crippen LogP contribution in [0.15, 0.2) is 31.1 Å². The number of aromatic nitrogens is 2. The minimum Gasteiger partial charge on any atom is -0.392 e. The molecule has 0 aromatic carbocycles. The summed E-state index contributed by atoms with van der Waals surface area (Å²) in [7, 11) is 0. The molecule has 100 valence electrons. The lowest BCUT2D eigenvalue weighted by molar-refractivity contribution is 0.0842. The van der Waals surface area contributed by atoms with E-state index in [1.807, 2.05) is 24.5 Å². The van der Waals surface area contributed by atoms with Crippen molar-refractivity contribution in [2.75, 3.05) is 19.6 Å². The van der Waals surface area contributed by atoms with Crippen molar-refractivity contribution in [3.8, 4) is 0 Å². The highest BCUT2D eigenvalue weighted by Gasteiger charge is 2.21. The molecule has 2 heterocycles. The van der Waals surface area contributed by atoms with Gasteiger partial charge < -0.3 is 10.0 Å². The van der Waals surface area contributed by atoms with E-state index in [-0.39, 0.29) is 6.10 Å². The minimum absolute atomic E-state index is 0.218. The minimum atomic E-state index is -0.218. The van der Waals surface area contributed by atoms with Gasteiger partial charge >= 0.3 is 0 Å². The molecule has 4 heteroatoms. The molecule has 1 aromatic heterocycles. The Balaban J connectivity index is 1.71. The molecular formula is C14H23N3O. The van der Waals surface area contributed by atoms with Crippen LogP contribution in [0.4, 0.5) is 0 Å². The summed E-state index contributed by atoms with van der Waals surface area (Å²) in [4.78, 5) is 2.35. The zero-order valence-electron chi connectivity index (χ0n) is 10.9. The van der Waals surface area contributed by atoms with Crippen LogP contribution in [0.1, 0.15) is 31.7 Å². The van der Waals surface area contributed by atoms with Crippen LogP contribution in [0.2, 0.25) is 0 Å². The second kappa shape index (κ2) is 6.71. The zero-order valence-corrected chi connectivity index (χ0v) is 10.9. The predicted molar refractivity (Wildman–Crippen MR) is 72.4 cm³/mol. The van der Waals surface area contributed by atoms with Crippen molar-refractivity contribution in [2.24, 2.45) is 0 Å². The lowest BCUT2D eigenvalue weighted by Crippen LogP contribution is -2.39. The van der Waals surface area contributed by atoms with E-state index in [4.69, 9.17) is 0 Å². The van der Waals surface area contributed by atoms with Gasteiger partial charge in [0.15, 0.2) is 0 Å². The number of nitrogens with zero attached hydrogens (tertiary/aromatic N) is 3. The lowest BCUT2D eigenvalue weighted by atomic mass is 10.0. The highest BCUT2D eigenvalue weighted by molar-refractivity contribution is 4.85. The average Bonchev–Trinajstić information content (AvgIpc) is 2.91. The maximum Gasteiger partial charge on any atom is 0.0670 e. The number of hydrogen-bond donors (Lipinski definition) is 1. The molecule has 0 saturated carbocycles. The summed E-state index contributed by atoms with van der Waals surface area (Å²) in [6.07, 6.45) is 9.49. The Kier molecular flexibility index (Phi) is 4.96. The molecule has 0 amide bonds. The fraction of sp³-hybridized carbons (Fsp3) is 0.643. The van der Waals surface area contributed by atoms with Gasteiger partial charge in [-0.25, -0.2) is 0 Å². The van der Waals surface area contributed by atoms with Gasteiger partial charge in [-0.05, 0) is 31.7 Å². The molecule has 2 rings (SSSR count). The quantitative estimate of drug-likeness (QED) is 0.782. The van der Waals surface area contributed by atoms with E-state index in [1.54, 1.807) is 0 Å². The smallest absolute Gasteiger partial charge is 0.0670 e. The third-order valence-electron chi connectivity index (χ3n) is 3.63. The van der Waals surface area contributed by atoms with Crippen molar-refractivity contribution in [2.45, 2.75) is 37.8 Å². The fourth-order valence-corrected chi connectivity index (χ4v) is 2.56. The van der Waals surface area contributed by atoms with Gasteiger partial charge in [0.2, 0.25) is 0 Å². The van der Waals surface area contributed by atoms with E-state index in [9.17, 15) is 5.11 Å². The third kappa shape index (κ3) is 3.68. The summed E-state index contributed by atoms with van der Waals surface area (Å²) in [5.74, 6) is 0. The van der Waals surface area contributed by atoms with Crippen LogP contribution < -0.4 is 0 Å². The summed E-state index contributed by atoms with van der Waals surface area (Å²) in [6, 6.07) is 2.51. The van der Waals surface area contributed by atoms with Crippen LogP contribution in [0.5, 0.6) is 0 Å². The van der Waals surface area contributed by atoms with Gasteiger partial charge in [0.25, 0.3) is 0 Å². The van der Waals surface area contributed by atoms with E-state index < -0.39 is 0 Å². The zero-order chi connectivity index (χ0) is 12.8. The van der Waals surface area contributed by atoms with Crippen LogP contribution in [-0.4, -0.2) is 45.5 Å². The van der Waals surface area contributed by atoms with Crippen molar-refractivity contribution >= 4 is 0 Å². The molecule has 1 saturated heterocycles. The largest absolute Gasteiger partial charge is 0.392 e.